The molecule has 206 valence electrons. The van der Waals surface area contributed by atoms with Crippen molar-refractivity contribution in [3.8, 4) is 33.6 Å². The van der Waals surface area contributed by atoms with E-state index in [0.717, 1.165) is 5.69 Å². The van der Waals surface area contributed by atoms with E-state index in [2.05, 4.69) is 179 Å². The number of hydrogen-bond donors (Lipinski definition) is 0. The molecule has 0 spiro atoms. The van der Waals surface area contributed by atoms with Crippen LogP contribution >= 0.6 is 0 Å². The van der Waals surface area contributed by atoms with E-state index in [1.54, 1.807) is 0 Å². The molecule has 0 N–H and O–H groups in total. The molecule has 0 aliphatic rings. The van der Waals surface area contributed by atoms with Crippen molar-refractivity contribution in [3.63, 3.8) is 0 Å². The molecule has 2 heterocycles. The molecule has 0 aliphatic heterocycles. The SMILES string of the molecule is c1ccc(-c2cccc(-n3c4ccccc4c4ccc(-c5ccc6c(c5)c5ccccc5n6-c5ccccc5)cc43)c2)cc1. The van der Waals surface area contributed by atoms with Crippen LogP contribution in [0.5, 0.6) is 0 Å². The first-order chi connectivity index (χ1) is 21.8. The fourth-order valence-electron chi connectivity index (χ4n) is 6.89. The van der Waals surface area contributed by atoms with Crippen LogP contribution < -0.4 is 0 Å². The van der Waals surface area contributed by atoms with Crippen LogP contribution in [0.1, 0.15) is 0 Å². The molecular formula is C42H28N2. The van der Waals surface area contributed by atoms with Gasteiger partial charge in [0.1, 0.15) is 0 Å². The van der Waals surface area contributed by atoms with Gasteiger partial charge in [0, 0.05) is 32.9 Å². The summed E-state index contributed by atoms with van der Waals surface area (Å²) in [6, 6.07) is 61.4. The lowest BCUT2D eigenvalue weighted by atomic mass is 10.0. The highest BCUT2D eigenvalue weighted by atomic mass is 15.0. The Bertz CT molecular complexity index is 2480. The van der Waals surface area contributed by atoms with E-state index in [0.29, 0.717) is 0 Å². The largest absolute Gasteiger partial charge is 0.309 e. The first kappa shape index (κ1) is 24.7. The van der Waals surface area contributed by atoms with Crippen molar-refractivity contribution in [2.75, 3.05) is 0 Å². The maximum Gasteiger partial charge on any atom is 0.0547 e. The number of nitrogens with zero attached hydrogens (tertiary/aromatic N) is 2. The highest BCUT2D eigenvalue weighted by Gasteiger charge is 2.16. The molecular weight excluding hydrogens is 532 g/mol. The van der Waals surface area contributed by atoms with Gasteiger partial charge >= 0.3 is 0 Å². The Labute approximate surface area is 255 Å². The summed E-state index contributed by atoms with van der Waals surface area (Å²) in [5.41, 5.74) is 12.1. The van der Waals surface area contributed by atoms with E-state index in [1.807, 2.05) is 0 Å². The zero-order chi connectivity index (χ0) is 29.0. The highest BCUT2D eigenvalue weighted by molar-refractivity contribution is 6.12. The van der Waals surface area contributed by atoms with E-state index in [1.165, 1.54) is 71.6 Å². The number of para-hydroxylation sites is 3. The molecule has 0 atom stereocenters. The molecule has 0 unspecified atom stereocenters. The number of benzene rings is 7. The zero-order valence-corrected chi connectivity index (χ0v) is 24.1. The van der Waals surface area contributed by atoms with E-state index in [-0.39, 0.29) is 0 Å². The molecule has 0 radical (unpaired) electrons. The van der Waals surface area contributed by atoms with Gasteiger partial charge in [-0.1, -0.05) is 115 Å². The number of aromatic nitrogens is 2. The third-order valence-electron chi connectivity index (χ3n) is 8.91. The monoisotopic (exact) mass is 560 g/mol. The third kappa shape index (κ3) is 3.82. The van der Waals surface area contributed by atoms with Gasteiger partial charge in [0.25, 0.3) is 0 Å². The van der Waals surface area contributed by atoms with Crippen molar-refractivity contribution in [2.45, 2.75) is 0 Å². The van der Waals surface area contributed by atoms with Crippen molar-refractivity contribution < 1.29 is 0 Å². The van der Waals surface area contributed by atoms with Crippen molar-refractivity contribution >= 4 is 43.6 Å². The molecule has 0 saturated heterocycles. The normalized spacial score (nSPS) is 11.6. The average molecular weight is 561 g/mol. The van der Waals surface area contributed by atoms with Gasteiger partial charge in [0.05, 0.1) is 22.1 Å². The van der Waals surface area contributed by atoms with Crippen molar-refractivity contribution in [1.82, 2.24) is 9.13 Å². The van der Waals surface area contributed by atoms with E-state index < -0.39 is 0 Å². The van der Waals surface area contributed by atoms with Gasteiger partial charge in [-0.2, -0.15) is 0 Å². The summed E-state index contributed by atoms with van der Waals surface area (Å²) < 4.78 is 4.79. The second-order valence-corrected chi connectivity index (χ2v) is 11.4. The fraction of sp³-hybridized carbons (Fsp3) is 0. The topological polar surface area (TPSA) is 9.86 Å². The van der Waals surface area contributed by atoms with Gasteiger partial charge in [-0.25, -0.2) is 0 Å². The van der Waals surface area contributed by atoms with Crippen LogP contribution in [0.25, 0.3) is 77.2 Å². The van der Waals surface area contributed by atoms with Crippen LogP contribution in [-0.4, -0.2) is 9.13 Å². The Morgan fingerprint density at radius 1 is 0.250 bits per heavy atom. The van der Waals surface area contributed by atoms with Gasteiger partial charge in [0.15, 0.2) is 0 Å². The molecule has 2 heteroatoms. The first-order valence-electron chi connectivity index (χ1n) is 15.1. The maximum absolute atomic E-state index is 2.42. The Morgan fingerprint density at radius 3 is 1.52 bits per heavy atom. The second-order valence-electron chi connectivity index (χ2n) is 11.4. The maximum atomic E-state index is 2.42. The van der Waals surface area contributed by atoms with Gasteiger partial charge in [-0.05, 0) is 76.9 Å². The highest BCUT2D eigenvalue weighted by Crippen LogP contribution is 2.38. The summed E-state index contributed by atoms with van der Waals surface area (Å²) >= 11 is 0. The number of fused-ring (bicyclic) bond motifs is 6. The lowest BCUT2D eigenvalue weighted by molar-refractivity contribution is 1.18. The number of rotatable bonds is 4. The summed E-state index contributed by atoms with van der Waals surface area (Å²) in [6.45, 7) is 0. The minimum Gasteiger partial charge on any atom is -0.309 e. The number of hydrogen-bond acceptors (Lipinski definition) is 0. The quantitative estimate of drug-likeness (QED) is 0.203. The molecule has 0 fully saturated rings. The minimum atomic E-state index is 1.16. The molecule has 2 nitrogen and oxygen atoms in total. The van der Waals surface area contributed by atoms with E-state index in [4.69, 9.17) is 0 Å². The van der Waals surface area contributed by atoms with E-state index in [9.17, 15) is 0 Å². The zero-order valence-electron chi connectivity index (χ0n) is 24.1. The average Bonchev–Trinajstić information content (AvgIpc) is 3.61. The van der Waals surface area contributed by atoms with Crippen LogP contribution in [0.3, 0.4) is 0 Å². The summed E-state index contributed by atoms with van der Waals surface area (Å²) in [5, 5.41) is 5.05. The molecule has 0 amide bonds. The van der Waals surface area contributed by atoms with Crippen LogP contribution in [-0.2, 0) is 0 Å². The predicted molar refractivity (Wildman–Crippen MR) is 186 cm³/mol. The first-order valence-corrected chi connectivity index (χ1v) is 15.1. The van der Waals surface area contributed by atoms with Crippen LogP contribution in [0.15, 0.2) is 170 Å². The minimum absolute atomic E-state index is 1.16. The van der Waals surface area contributed by atoms with Crippen molar-refractivity contribution in [1.29, 1.82) is 0 Å². The van der Waals surface area contributed by atoms with Gasteiger partial charge < -0.3 is 9.13 Å². The van der Waals surface area contributed by atoms with Crippen LogP contribution in [0.2, 0.25) is 0 Å². The van der Waals surface area contributed by atoms with Gasteiger partial charge in [0.2, 0.25) is 0 Å². The van der Waals surface area contributed by atoms with Crippen LogP contribution in [0.4, 0.5) is 0 Å². The third-order valence-corrected chi connectivity index (χ3v) is 8.91. The molecule has 9 rings (SSSR count). The summed E-state index contributed by atoms with van der Waals surface area (Å²) in [4.78, 5) is 0. The molecule has 0 bridgehead atoms. The standard InChI is InChI=1S/C42H28N2/c1-3-12-29(13-4-1)30-14-11-17-34(26-30)44-39-20-9-7-18-35(39)37-24-22-32(28-42(37)44)31-23-25-41-38(27-31)36-19-8-10-21-40(36)43(41)33-15-5-2-6-16-33/h1-28H. The Hall–Kier alpha value is -5.86. The molecule has 7 aromatic carbocycles. The van der Waals surface area contributed by atoms with Gasteiger partial charge in [-0.3, -0.25) is 0 Å². The predicted octanol–water partition coefficient (Wildman–Crippen LogP) is 11.2. The fourth-order valence-corrected chi connectivity index (χ4v) is 6.89. The van der Waals surface area contributed by atoms with Gasteiger partial charge in [-0.15, -0.1) is 0 Å². The smallest absolute Gasteiger partial charge is 0.0547 e. The summed E-state index contributed by atoms with van der Waals surface area (Å²) in [7, 11) is 0. The molecule has 0 saturated carbocycles. The Morgan fingerprint density at radius 2 is 0.750 bits per heavy atom. The lowest BCUT2D eigenvalue weighted by Gasteiger charge is -2.11. The van der Waals surface area contributed by atoms with Crippen LogP contribution in [0, 0.1) is 0 Å². The molecule has 2 aromatic heterocycles. The Balaban J connectivity index is 1.26. The lowest BCUT2D eigenvalue weighted by Crippen LogP contribution is -1.94. The molecule has 9 aromatic rings. The summed E-state index contributed by atoms with van der Waals surface area (Å²) in [6.07, 6.45) is 0. The Kier molecular flexibility index (Phi) is 5.54. The molecule has 44 heavy (non-hydrogen) atoms. The van der Waals surface area contributed by atoms with Crippen molar-refractivity contribution in [3.05, 3.63) is 170 Å². The second kappa shape index (κ2) is 9.86. The van der Waals surface area contributed by atoms with E-state index >= 15 is 0 Å². The van der Waals surface area contributed by atoms with Crippen molar-refractivity contribution in [2.24, 2.45) is 0 Å². The molecule has 0 aliphatic carbocycles. The summed E-state index contributed by atoms with van der Waals surface area (Å²) in [5.74, 6) is 0.